The van der Waals surface area contributed by atoms with Gasteiger partial charge in [-0.3, -0.25) is 0 Å². The minimum absolute atomic E-state index is 0.585. The van der Waals surface area contributed by atoms with E-state index in [0.29, 0.717) is 5.90 Å². The zero-order chi connectivity index (χ0) is 29.6. The van der Waals surface area contributed by atoms with E-state index in [2.05, 4.69) is 103 Å². The van der Waals surface area contributed by atoms with E-state index < -0.39 is 0 Å². The number of ether oxygens (including phenoxy) is 1. The Bertz CT molecular complexity index is 1560. The van der Waals surface area contributed by atoms with E-state index in [4.69, 9.17) is 14.7 Å². The predicted molar refractivity (Wildman–Crippen MR) is 168 cm³/mol. The summed E-state index contributed by atoms with van der Waals surface area (Å²) in [6, 6.07) is 25.9. The van der Waals surface area contributed by atoms with Crippen molar-refractivity contribution in [2.24, 2.45) is 38.2 Å². The molecule has 0 amide bonds. The molecular weight excluding hydrogens is 520 g/mol. The first-order chi connectivity index (χ1) is 20.3. The molecule has 2 aromatic heterocycles. The fourth-order valence-electron chi connectivity index (χ4n) is 5.33. The van der Waals surface area contributed by atoms with Crippen LogP contribution in [-0.4, -0.2) is 27.9 Å². The number of methoxy groups -OCH3 is 1. The summed E-state index contributed by atoms with van der Waals surface area (Å²) in [6.45, 7) is 2.15. The minimum Gasteiger partial charge on any atom is -0.475 e. The van der Waals surface area contributed by atoms with Crippen molar-refractivity contribution < 1.29 is 13.9 Å². The van der Waals surface area contributed by atoms with E-state index in [1.807, 2.05) is 47.8 Å². The molecule has 3 aromatic carbocycles. The second-order valence-electron chi connectivity index (χ2n) is 10.7. The first kappa shape index (κ1) is 28.7. The van der Waals surface area contributed by atoms with E-state index in [9.17, 15) is 0 Å². The molecule has 0 radical (unpaired) electrons. The maximum absolute atomic E-state index is 5.60. The minimum atomic E-state index is 0.585. The van der Waals surface area contributed by atoms with Gasteiger partial charge in [-0.2, -0.15) is 0 Å². The Hall–Kier alpha value is -4.78. The number of aliphatic imine (C=N–C) groups is 2. The van der Waals surface area contributed by atoms with Crippen LogP contribution in [0.5, 0.6) is 0 Å². The SMILES string of the molecule is CC/C(=N\c1ccc(Cc2cccc(Cc3ccc(/N=C(\OC)c4n(C)cc[n+]4C)cc3)c2)cc1)c1n(C)cc[n+]1C. The van der Waals surface area contributed by atoms with Gasteiger partial charge in [-0.05, 0) is 65.8 Å². The molecule has 0 bridgehead atoms. The molecule has 7 nitrogen and oxygen atoms in total. The van der Waals surface area contributed by atoms with Crippen LogP contribution in [0.4, 0.5) is 11.4 Å². The average Bonchev–Trinajstić information content (AvgIpc) is 3.51. The third kappa shape index (κ3) is 6.57. The zero-order valence-electron chi connectivity index (χ0n) is 25.5. The van der Waals surface area contributed by atoms with Crippen molar-refractivity contribution in [2.45, 2.75) is 26.2 Å². The third-order valence-corrected chi connectivity index (χ3v) is 7.52. The number of benzene rings is 3. The highest BCUT2D eigenvalue weighted by atomic mass is 16.5. The lowest BCUT2D eigenvalue weighted by Gasteiger charge is -2.08. The Labute approximate surface area is 248 Å². The van der Waals surface area contributed by atoms with Gasteiger partial charge in [0.05, 0.1) is 46.7 Å². The van der Waals surface area contributed by atoms with Gasteiger partial charge in [-0.15, -0.1) is 0 Å². The van der Waals surface area contributed by atoms with Crippen molar-refractivity contribution in [3.05, 3.63) is 131 Å². The third-order valence-electron chi connectivity index (χ3n) is 7.52. The molecule has 0 spiro atoms. The summed E-state index contributed by atoms with van der Waals surface area (Å²) in [4.78, 5) is 9.70. The Morgan fingerprint density at radius 3 is 1.64 bits per heavy atom. The van der Waals surface area contributed by atoms with Gasteiger partial charge in [0.2, 0.25) is 0 Å². The van der Waals surface area contributed by atoms with Gasteiger partial charge in [0, 0.05) is 0 Å². The topological polar surface area (TPSA) is 51.6 Å². The molecule has 0 N–H and O–H groups in total. The van der Waals surface area contributed by atoms with Crippen molar-refractivity contribution in [1.82, 2.24) is 9.13 Å². The molecule has 0 fully saturated rings. The molecule has 0 atom stereocenters. The maximum Gasteiger partial charge on any atom is 0.344 e. The highest BCUT2D eigenvalue weighted by molar-refractivity contribution is 5.98. The van der Waals surface area contributed by atoms with Crippen LogP contribution in [0.3, 0.4) is 0 Å². The van der Waals surface area contributed by atoms with Crippen molar-refractivity contribution in [1.29, 1.82) is 0 Å². The molecule has 0 aliphatic carbocycles. The number of hydrogen-bond donors (Lipinski definition) is 0. The molecule has 0 aliphatic rings. The molecule has 5 aromatic rings. The number of aromatic nitrogens is 4. The van der Waals surface area contributed by atoms with Crippen molar-refractivity contribution in [2.75, 3.05) is 7.11 Å². The number of nitrogens with zero attached hydrogens (tertiary/aromatic N) is 6. The van der Waals surface area contributed by atoms with Gasteiger partial charge >= 0.3 is 17.5 Å². The standard InChI is InChI=1S/C35H40N6O/c1-7-32(34-38(2)19-20-39(34)3)36-30-15-11-26(12-16-30)23-28-9-8-10-29(25-28)24-27-13-17-31(18-14-27)37-33(42-6)35-40(4)21-22-41(35)5/h8-22,25H,7,23-24H2,1-6H3/q+2/b36-32+,37-33-. The lowest BCUT2D eigenvalue weighted by Crippen LogP contribution is -2.35. The van der Waals surface area contributed by atoms with Gasteiger partial charge < -0.3 is 4.74 Å². The van der Waals surface area contributed by atoms with Crippen molar-refractivity contribution >= 4 is 23.0 Å². The summed E-state index contributed by atoms with van der Waals surface area (Å²) in [5, 5.41) is 0. The number of hydrogen-bond acceptors (Lipinski definition) is 3. The van der Waals surface area contributed by atoms with Crippen LogP contribution >= 0.6 is 0 Å². The molecule has 214 valence electrons. The summed E-state index contributed by atoms with van der Waals surface area (Å²) in [6.07, 6.45) is 10.7. The quantitative estimate of drug-likeness (QED) is 0.134. The van der Waals surface area contributed by atoms with E-state index in [1.54, 1.807) is 7.11 Å². The Morgan fingerprint density at radius 1 is 0.690 bits per heavy atom. The molecule has 0 saturated carbocycles. The monoisotopic (exact) mass is 560 g/mol. The second kappa shape index (κ2) is 12.8. The number of aryl methyl sites for hydroxylation is 4. The molecular formula is C35H40N6O+2. The summed E-state index contributed by atoms with van der Waals surface area (Å²) >= 11 is 0. The molecule has 42 heavy (non-hydrogen) atoms. The Kier molecular flexibility index (Phi) is 8.77. The highest BCUT2D eigenvalue weighted by Gasteiger charge is 2.20. The fraction of sp³-hybridized carbons (Fsp3) is 0.257. The molecule has 7 heteroatoms. The molecule has 5 rings (SSSR count). The average molecular weight is 561 g/mol. The molecule has 0 saturated heterocycles. The van der Waals surface area contributed by atoms with Gasteiger partial charge in [0.1, 0.15) is 30.5 Å². The van der Waals surface area contributed by atoms with Crippen LogP contribution < -0.4 is 9.13 Å². The largest absolute Gasteiger partial charge is 0.475 e. The summed E-state index contributed by atoms with van der Waals surface area (Å²) in [5.41, 5.74) is 8.04. The summed E-state index contributed by atoms with van der Waals surface area (Å²) in [5.74, 6) is 2.62. The molecule has 2 heterocycles. The van der Waals surface area contributed by atoms with Gasteiger partial charge in [0.25, 0.3) is 0 Å². The van der Waals surface area contributed by atoms with Crippen LogP contribution in [0.25, 0.3) is 0 Å². The Morgan fingerprint density at radius 2 is 1.19 bits per heavy atom. The van der Waals surface area contributed by atoms with Crippen molar-refractivity contribution in [3.63, 3.8) is 0 Å². The highest BCUT2D eigenvalue weighted by Crippen LogP contribution is 2.21. The van der Waals surface area contributed by atoms with Crippen LogP contribution in [0, 0.1) is 0 Å². The maximum atomic E-state index is 5.60. The van der Waals surface area contributed by atoms with E-state index in [-0.39, 0.29) is 0 Å². The van der Waals surface area contributed by atoms with E-state index in [1.165, 1.54) is 22.3 Å². The van der Waals surface area contributed by atoms with Crippen LogP contribution in [0.1, 0.15) is 47.2 Å². The lowest BCUT2D eigenvalue weighted by molar-refractivity contribution is -0.672. The number of imidazole rings is 2. The zero-order valence-corrected chi connectivity index (χ0v) is 25.5. The first-order valence-electron chi connectivity index (χ1n) is 14.3. The van der Waals surface area contributed by atoms with Gasteiger partial charge in [-0.1, -0.05) is 55.5 Å². The van der Waals surface area contributed by atoms with Crippen LogP contribution in [-0.2, 0) is 45.8 Å². The normalized spacial score (nSPS) is 12.1. The molecule has 0 aliphatic heterocycles. The number of rotatable bonds is 9. The summed E-state index contributed by atoms with van der Waals surface area (Å²) in [7, 11) is 9.75. The smallest absolute Gasteiger partial charge is 0.344 e. The molecule has 0 unspecified atom stereocenters. The van der Waals surface area contributed by atoms with Gasteiger partial charge in [0.15, 0.2) is 0 Å². The summed E-state index contributed by atoms with van der Waals surface area (Å²) < 4.78 is 13.8. The van der Waals surface area contributed by atoms with Gasteiger partial charge in [-0.25, -0.2) is 28.3 Å². The lowest BCUT2D eigenvalue weighted by atomic mass is 9.99. The fourth-order valence-corrected chi connectivity index (χ4v) is 5.33. The van der Waals surface area contributed by atoms with E-state index in [0.717, 1.165) is 48.0 Å². The van der Waals surface area contributed by atoms with Crippen LogP contribution in [0.2, 0.25) is 0 Å². The van der Waals surface area contributed by atoms with Crippen molar-refractivity contribution in [3.8, 4) is 0 Å². The van der Waals surface area contributed by atoms with Crippen LogP contribution in [0.15, 0.2) is 108 Å². The Balaban J connectivity index is 1.25. The first-order valence-corrected chi connectivity index (χ1v) is 14.3. The second-order valence-corrected chi connectivity index (χ2v) is 10.7. The van der Waals surface area contributed by atoms with E-state index >= 15 is 0 Å². The predicted octanol–water partition coefficient (Wildman–Crippen LogP) is 5.45.